The van der Waals surface area contributed by atoms with Crippen LogP contribution in [0.3, 0.4) is 0 Å². The molecule has 0 fully saturated rings. The Kier molecular flexibility index (Phi) is 5.75. The largest absolute Gasteiger partial charge is 0.481 e. The molecule has 0 spiro atoms. The number of hydrogen-bond acceptors (Lipinski definition) is 4. The summed E-state index contributed by atoms with van der Waals surface area (Å²) < 4.78 is 0. The van der Waals surface area contributed by atoms with Crippen molar-refractivity contribution in [2.75, 3.05) is 6.54 Å². The second-order valence-corrected chi connectivity index (χ2v) is 5.42. The highest BCUT2D eigenvalue weighted by Gasteiger charge is 2.34. The molecular formula is C13H22N2O2S. The van der Waals surface area contributed by atoms with Gasteiger partial charge in [-0.15, -0.1) is 11.3 Å². The van der Waals surface area contributed by atoms with Gasteiger partial charge in [-0.05, 0) is 19.3 Å². The summed E-state index contributed by atoms with van der Waals surface area (Å²) in [5, 5.41) is 15.7. The molecule has 0 bridgehead atoms. The van der Waals surface area contributed by atoms with Crippen LogP contribution in [0.4, 0.5) is 0 Å². The fraction of sp³-hybridized carbons (Fsp3) is 0.692. The molecule has 0 atom stereocenters. The predicted octanol–water partition coefficient (Wildman–Crippen LogP) is 2.69. The van der Waals surface area contributed by atoms with E-state index in [4.69, 9.17) is 0 Å². The summed E-state index contributed by atoms with van der Waals surface area (Å²) in [7, 11) is 0. The fourth-order valence-electron chi connectivity index (χ4n) is 1.90. The van der Waals surface area contributed by atoms with Gasteiger partial charge in [-0.25, -0.2) is 4.98 Å². The number of aryl methyl sites for hydroxylation is 1. The summed E-state index contributed by atoms with van der Waals surface area (Å²) in [5.74, 6) is -0.715. The fourth-order valence-corrected chi connectivity index (χ4v) is 2.65. The van der Waals surface area contributed by atoms with Gasteiger partial charge in [-0.1, -0.05) is 20.8 Å². The van der Waals surface area contributed by atoms with Crippen LogP contribution in [0.5, 0.6) is 0 Å². The Morgan fingerprint density at radius 3 is 2.56 bits per heavy atom. The van der Waals surface area contributed by atoms with Gasteiger partial charge in [0, 0.05) is 18.5 Å². The zero-order valence-corrected chi connectivity index (χ0v) is 12.1. The van der Waals surface area contributed by atoms with Gasteiger partial charge in [0.25, 0.3) is 0 Å². The molecule has 0 aromatic carbocycles. The van der Waals surface area contributed by atoms with E-state index in [1.807, 2.05) is 19.2 Å². The third-order valence-corrected chi connectivity index (χ3v) is 4.52. The first-order chi connectivity index (χ1) is 8.57. The Balaban J connectivity index is 2.51. The van der Waals surface area contributed by atoms with Gasteiger partial charge in [0.15, 0.2) is 0 Å². The van der Waals surface area contributed by atoms with Crippen LogP contribution in [0.2, 0.25) is 0 Å². The Bertz CT molecular complexity index is 386. The van der Waals surface area contributed by atoms with E-state index in [2.05, 4.69) is 17.2 Å². The molecule has 1 rings (SSSR count). The number of carbonyl (C=O) groups is 1. The number of aromatic nitrogens is 1. The molecule has 4 nitrogen and oxygen atoms in total. The number of nitrogens with zero attached hydrogens (tertiary/aromatic N) is 1. The maximum Gasteiger partial charge on any atom is 0.310 e. The zero-order chi connectivity index (χ0) is 13.6. The minimum absolute atomic E-state index is 0.494. The van der Waals surface area contributed by atoms with Gasteiger partial charge in [0.05, 0.1) is 16.1 Å². The van der Waals surface area contributed by atoms with Crippen molar-refractivity contribution in [1.82, 2.24) is 10.3 Å². The Labute approximate surface area is 112 Å². The molecule has 5 heteroatoms. The smallest absolute Gasteiger partial charge is 0.310 e. The minimum atomic E-state index is -0.715. The lowest BCUT2D eigenvalue weighted by Crippen LogP contribution is -2.40. The van der Waals surface area contributed by atoms with Crippen LogP contribution in [-0.4, -0.2) is 22.6 Å². The Morgan fingerprint density at radius 1 is 1.44 bits per heavy atom. The highest BCUT2D eigenvalue weighted by atomic mass is 32.1. The highest BCUT2D eigenvalue weighted by Crippen LogP contribution is 2.25. The molecule has 1 aromatic rings. The molecule has 0 aliphatic rings. The quantitative estimate of drug-likeness (QED) is 0.762. The van der Waals surface area contributed by atoms with Crippen molar-refractivity contribution >= 4 is 17.3 Å². The van der Waals surface area contributed by atoms with E-state index in [-0.39, 0.29) is 0 Å². The third-order valence-electron chi connectivity index (χ3n) is 3.48. The molecule has 0 unspecified atom stereocenters. The number of thiazole rings is 1. The first-order valence-electron chi connectivity index (χ1n) is 6.45. The Morgan fingerprint density at radius 2 is 2.11 bits per heavy atom. The van der Waals surface area contributed by atoms with Crippen LogP contribution in [-0.2, 0) is 17.8 Å². The molecule has 0 aliphatic carbocycles. The Hall–Kier alpha value is -0.940. The van der Waals surface area contributed by atoms with E-state index >= 15 is 0 Å². The molecule has 0 aliphatic heterocycles. The summed E-state index contributed by atoms with van der Waals surface area (Å²) in [6, 6.07) is 0. The summed E-state index contributed by atoms with van der Waals surface area (Å²) in [6.45, 7) is 7.08. The molecule has 2 N–H and O–H groups in total. The van der Waals surface area contributed by atoms with Crippen LogP contribution in [0, 0.1) is 5.41 Å². The van der Waals surface area contributed by atoms with E-state index in [0.717, 1.165) is 17.1 Å². The van der Waals surface area contributed by atoms with Gasteiger partial charge in [0.2, 0.25) is 0 Å². The molecule has 0 saturated heterocycles. The number of hydrogen-bond donors (Lipinski definition) is 2. The van der Waals surface area contributed by atoms with Crippen LogP contribution in [0.1, 0.15) is 44.3 Å². The average Bonchev–Trinajstić information content (AvgIpc) is 2.82. The predicted molar refractivity (Wildman–Crippen MR) is 73.8 cm³/mol. The first-order valence-corrected chi connectivity index (χ1v) is 7.33. The zero-order valence-electron chi connectivity index (χ0n) is 11.3. The second-order valence-electron chi connectivity index (χ2n) is 4.48. The van der Waals surface area contributed by atoms with E-state index < -0.39 is 11.4 Å². The van der Waals surface area contributed by atoms with Crippen molar-refractivity contribution in [3.05, 3.63) is 16.1 Å². The number of carboxylic acid groups (broad SMARTS) is 1. The maximum atomic E-state index is 11.3. The number of nitrogens with one attached hydrogen (secondary N) is 1. The van der Waals surface area contributed by atoms with Crippen molar-refractivity contribution in [3.63, 3.8) is 0 Å². The first kappa shape index (κ1) is 15.1. The SMILES string of the molecule is CCc1nc(CNCC(CC)(CC)C(=O)O)cs1. The van der Waals surface area contributed by atoms with Crippen molar-refractivity contribution in [2.24, 2.45) is 5.41 Å². The summed E-state index contributed by atoms with van der Waals surface area (Å²) in [5.41, 5.74) is 0.354. The molecular weight excluding hydrogens is 248 g/mol. The van der Waals surface area contributed by atoms with Gasteiger partial charge in [-0.2, -0.15) is 0 Å². The van der Waals surface area contributed by atoms with E-state index in [0.29, 0.717) is 25.9 Å². The van der Waals surface area contributed by atoms with Gasteiger partial charge < -0.3 is 10.4 Å². The van der Waals surface area contributed by atoms with E-state index in [9.17, 15) is 9.90 Å². The molecule has 1 heterocycles. The summed E-state index contributed by atoms with van der Waals surface area (Å²) in [4.78, 5) is 15.8. The van der Waals surface area contributed by atoms with E-state index in [1.165, 1.54) is 0 Å². The topological polar surface area (TPSA) is 62.2 Å². The highest BCUT2D eigenvalue weighted by molar-refractivity contribution is 7.09. The lowest BCUT2D eigenvalue weighted by Gasteiger charge is -2.26. The minimum Gasteiger partial charge on any atom is -0.481 e. The van der Waals surface area contributed by atoms with Crippen molar-refractivity contribution < 1.29 is 9.90 Å². The molecule has 102 valence electrons. The summed E-state index contributed by atoms with van der Waals surface area (Å²) >= 11 is 1.66. The number of aliphatic carboxylic acids is 1. The standard InChI is InChI=1S/C13H22N2O2S/c1-4-11-15-10(8-18-11)7-14-9-13(5-2,6-3)12(16)17/h8,14H,4-7,9H2,1-3H3,(H,16,17). The van der Waals surface area contributed by atoms with E-state index in [1.54, 1.807) is 11.3 Å². The number of rotatable bonds is 8. The lowest BCUT2D eigenvalue weighted by atomic mass is 9.82. The lowest BCUT2D eigenvalue weighted by molar-refractivity contribution is -0.149. The van der Waals surface area contributed by atoms with Crippen molar-refractivity contribution in [3.8, 4) is 0 Å². The molecule has 0 saturated carbocycles. The van der Waals surface area contributed by atoms with Crippen LogP contribution in [0.25, 0.3) is 0 Å². The number of carboxylic acids is 1. The van der Waals surface area contributed by atoms with Gasteiger partial charge >= 0.3 is 5.97 Å². The van der Waals surface area contributed by atoms with Crippen molar-refractivity contribution in [2.45, 2.75) is 46.6 Å². The van der Waals surface area contributed by atoms with Crippen LogP contribution in [0.15, 0.2) is 5.38 Å². The van der Waals surface area contributed by atoms with Crippen LogP contribution < -0.4 is 5.32 Å². The van der Waals surface area contributed by atoms with Crippen LogP contribution >= 0.6 is 11.3 Å². The average molecular weight is 270 g/mol. The second kappa shape index (κ2) is 6.85. The monoisotopic (exact) mass is 270 g/mol. The molecule has 0 radical (unpaired) electrons. The van der Waals surface area contributed by atoms with Gasteiger partial charge in [-0.3, -0.25) is 4.79 Å². The normalized spacial score (nSPS) is 11.7. The third kappa shape index (κ3) is 3.53. The summed E-state index contributed by atoms with van der Waals surface area (Å²) in [6.07, 6.45) is 2.24. The molecule has 18 heavy (non-hydrogen) atoms. The maximum absolute atomic E-state index is 11.3. The molecule has 0 amide bonds. The van der Waals surface area contributed by atoms with Crippen molar-refractivity contribution in [1.29, 1.82) is 0 Å². The molecule has 1 aromatic heterocycles. The van der Waals surface area contributed by atoms with Gasteiger partial charge in [0.1, 0.15) is 0 Å².